The van der Waals surface area contributed by atoms with Gasteiger partial charge in [-0.1, -0.05) is 23.9 Å². The number of fused-ring (bicyclic) bond motifs is 2. The van der Waals surface area contributed by atoms with E-state index in [4.69, 9.17) is 14.2 Å². The van der Waals surface area contributed by atoms with Crippen LogP contribution in [-0.4, -0.2) is 27.2 Å². The summed E-state index contributed by atoms with van der Waals surface area (Å²) >= 11 is 1.32. The van der Waals surface area contributed by atoms with E-state index in [2.05, 4.69) is 0 Å². The Morgan fingerprint density at radius 1 is 0.882 bits per heavy atom. The maximum Gasteiger partial charge on any atom is 0.416 e. The number of methoxy groups -OCH3 is 3. The van der Waals surface area contributed by atoms with Gasteiger partial charge in [-0.05, 0) is 54.1 Å². The number of carbonyl (C=O) groups excluding carboxylic acids is 1. The smallest absolute Gasteiger partial charge is 0.416 e. The number of halogens is 3. The number of hydrogen-bond donors (Lipinski definition) is 0. The summed E-state index contributed by atoms with van der Waals surface area (Å²) in [6, 6.07) is 13.8. The molecule has 0 spiro atoms. The Morgan fingerprint density at radius 3 is 2.15 bits per heavy atom. The van der Waals surface area contributed by atoms with E-state index in [1.54, 1.807) is 30.3 Å². The lowest BCUT2D eigenvalue weighted by Gasteiger charge is -2.31. The van der Waals surface area contributed by atoms with E-state index < -0.39 is 17.6 Å². The molecule has 0 aliphatic carbocycles. The number of ether oxygens (including phenoxy) is 3. The van der Waals surface area contributed by atoms with Gasteiger partial charge in [0, 0.05) is 15.9 Å². The Kier molecular flexibility index (Phi) is 6.47. The van der Waals surface area contributed by atoms with Crippen molar-refractivity contribution in [2.75, 3.05) is 26.2 Å². The molecule has 0 bridgehead atoms. The number of alkyl halides is 3. The average molecular weight is 487 g/mol. The third-order valence-electron chi connectivity index (χ3n) is 5.18. The van der Waals surface area contributed by atoms with Gasteiger partial charge in [-0.3, -0.25) is 9.69 Å². The number of carbonyl (C=O) groups is 1. The number of para-hydroxylation sites is 1. The Hall–Kier alpha value is -3.59. The number of hydrogen-bond acceptors (Lipinski definition) is 5. The van der Waals surface area contributed by atoms with Crippen LogP contribution in [0.4, 0.5) is 24.5 Å². The molecule has 0 unspecified atom stereocenters. The quantitative estimate of drug-likeness (QED) is 0.381. The van der Waals surface area contributed by atoms with Crippen molar-refractivity contribution < 1.29 is 32.2 Å². The molecule has 4 rings (SSSR count). The highest BCUT2D eigenvalue weighted by Gasteiger charge is 2.34. The van der Waals surface area contributed by atoms with Crippen LogP contribution in [0.2, 0.25) is 0 Å². The number of benzene rings is 3. The lowest BCUT2D eigenvalue weighted by molar-refractivity contribution is -0.137. The van der Waals surface area contributed by atoms with Gasteiger partial charge in [0.1, 0.15) is 0 Å². The Balaban J connectivity index is 1.76. The minimum atomic E-state index is -4.53. The molecule has 0 N–H and O–H groups in total. The zero-order chi connectivity index (χ0) is 24.5. The second-order valence-electron chi connectivity index (χ2n) is 7.22. The van der Waals surface area contributed by atoms with Crippen molar-refractivity contribution in [3.05, 3.63) is 71.8 Å². The molecule has 1 aliphatic heterocycles. The summed E-state index contributed by atoms with van der Waals surface area (Å²) in [5, 5.41) is 0. The molecule has 5 nitrogen and oxygen atoms in total. The zero-order valence-electron chi connectivity index (χ0n) is 18.5. The van der Waals surface area contributed by atoms with Crippen molar-refractivity contribution in [2.45, 2.75) is 16.0 Å². The third kappa shape index (κ3) is 4.43. The third-order valence-corrected chi connectivity index (χ3v) is 6.31. The zero-order valence-corrected chi connectivity index (χ0v) is 19.3. The average Bonchev–Trinajstić information content (AvgIpc) is 2.84. The molecule has 9 heteroatoms. The number of amides is 1. The molecular weight excluding hydrogens is 467 g/mol. The largest absolute Gasteiger partial charge is 0.493 e. The summed E-state index contributed by atoms with van der Waals surface area (Å²) in [5.74, 6) is 0.730. The van der Waals surface area contributed by atoms with Gasteiger partial charge in [0.15, 0.2) is 11.5 Å². The van der Waals surface area contributed by atoms with E-state index in [1.165, 1.54) is 50.1 Å². The fraction of sp³-hybridized carbons (Fsp3) is 0.160. The van der Waals surface area contributed by atoms with Crippen molar-refractivity contribution in [2.24, 2.45) is 0 Å². The lowest BCUT2D eigenvalue weighted by atomic mass is 10.1. The van der Waals surface area contributed by atoms with Crippen LogP contribution in [0.3, 0.4) is 0 Å². The predicted molar refractivity (Wildman–Crippen MR) is 124 cm³/mol. The van der Waals surface area contributed by atoms with Crippen LogP contribution in [0.15, 0.2) is 70.5 Å². The van der Waals surface area contributed by atoms with Crippen LogP contribution >= 0.6 is 11.8 Å². The predicted octanol–water partition coefficient (Wildman–Crippen LogP) is 6.57. The van der Waals surface area contributed by atoms with Crippen LogP contribution < -0.4 is 19.1 Å². The van der Waals surface area contributed by atoms with Crippen LogP contribution in [0.5, 0.6) is 17.2 Å². The van der Waals surface area contributed by atoms with Gasteiger partial charge in [0.2, 0.25) is 5.75 Å². The maximum absolute atomic E-state index is 13.4. The molecular formula is C25H20F3NO4S. The van der Waals surface area contributed by atoms with Gasteiger partial charge in [0.25, 0.3) is 5.91 Å². The second kappa shape index (κ2) is 9.34. The minimum absolute atomic E-state index is 0.179. The summed E-state index contributed by atoms with van der Waals surface area (Å²) in [4.78, 5) is 16.0. The van der Waals surface area contributed by atoms with E-state index in [0.717, 1.165) is 17.0 Å². The molecule has 3 aromatic rings. The standard InChI is InChI=1S/C25H20F3NO4S/c1-31-19-12-15(13-20(32-2)24(19)33-3)8-11-23(30)29-17-6-4-5-7-21(17)34-22-10-9-16(14-18(22)29)25(26,27)28/h4-14H,1-3H3/b11-8+. The molecule has 0 saturated carbocycles. The molecule has 0 saturated heterocycles. The first-order valence-electron chi connectivity index (χ1n) is 10.1. The first-order chi connectivity index (χ1) is 16.3. The Bertz CT molecular complexity index is 1250. The van der Waals surface area contributed by atoms with Crippen molar-refractivity contribution in [1.82, 2.24) is 0 Å². The molecule has 1 aliphatic rings. The van der Waals surface area contributed by atoms with Crippen LogP contribution in [-0.2, 0) is 11.0 Å². The summed E-state index contributed by atoms with van der Waals surface area (Å²) in [7, 11) is 4.44. The SMILES string of the molecule is COc1cc(/C=C/C(=O)N2c3ccccc3Sc3ccc(C(F)(F)F)cc32)cc(OC)c1OC. The maximum atomic E-state index is 13.4. The van der Waals surface area contributed by atoms with Crippen molar-refractivity contribution in [1.29, 1.82) is 0 Å². The molecule has 1 heterocycles. The molecule has 0 radical (unpaired) electrons. The van der Waals surface area contributed by atoms with Crippen LogP contribution in [0.25, 0.3) is 6.08 Å². The van der Waals surface area contributed by atoms with Crippen LogP contribution in [0.1, 0.15) is 11.1 Å². The van der Waals surface area contributed by atoms with Gasteiger partial charge in [-0.15, -0.1) is 0 Å². The minimum Gasteiger partial charge on any atom is -0.493 e. The fourth-order valence-corrected chi connectivity index (χ4v) is 4.65. The fourth-order valence-electron chi connectivity index (χ4n) is 3.61. The van der Waals surface area contributed by atoms with Gasteiger partial charge in [-0.2, -0.15) is 13.2 Å². The first-order valence-corrected chi connectivity index (χ1v) is 10.9. The van der Waals surface area contributed by atoms with E-state index in [9.17, 15) is 18.0 Å². The summed E-state index contributed by atoms with van der Waals surface area (Å²) in [6.07, 6.45) is -1.68. The summed E-state index contributed by atoms with van der Waals surface area (Å²) < 4.78 is 56.2. The van der Waals surface area contributed by atoms with E-state index in [1.807, 2.05) is 12.1 Å². The number of anilines is 2. The summed E-state index contributed by atoms with van der Waals surface area (Å²) in [6.45, 7) is 0. The second-order valence-corrected chi connectivity index (χ2v) is 8.30. The van der Waals surface area contributed by atoms with Crippen molar-refractivity contribution >= 4 is 35.1 Å². The lowest BCUT2D eigenvalue weighted by Crippen LogP contribution is -2.27. The van der Waals surface area contributed by atoms with Crippen molar-refractivity contribution in [3.63, 3.8) is 0 Å². The molecule has 0 fully saturated rings. The Labute approximate surface area is 198 Å². The van der Waals surface area contributed by atoms with Gasteiger partial charge in [0.05, 0.1) is 38.3 Å². The normalized spacial score (nSPS) is 12.8. The number of nitrogens with zero attached hydrogens (tertiary/aromatic N) is 1. The van der Waals surface area contributed by atoms with Gasteiger partial charge >= 0.3 is 6.18 Å². The molecule has 0 aromatic heterocycles. The van der Waals surface area contributed by atoms with E-state index in [0.29, 0.717) is 33.4 Å². The highest BCUT2D eigenvalue weighted by atomic mass is 32.2. The monoisotopic (exact) mass is 487 g/mol. The van der Waals surface area contributed by atoms with E-state index in [-0.39, 0.29) is 5.69 Å². The highest BCUT2D eigenvalue weighted by Crippen LogP contribution is 2.49. The Morgan fingerprint density at radius 2 is 1.53 bits per heavy atom. The van der Waals surface area contributed by atoms with E-state index >= 15 is 0 Å². The highest BCUT2D eigenvalue weighted by molar-refractivity contribution is 7.99. The molecule has 3 aromatic carbocycles. The van der Waals surface area contributed by atoms with Crippen LogP contribution in [0, 0.1) is 0 Å². The van der Waals surface area contributed by atoms with Gasteiger partial charge in [-0.25, -0.2) is 0 Å². The van der Waals surface area contributed by atoms with Crippen molar-refractivity contribution in [3.8, 4) is 17.2 Å². The molecule has 34 heavy (non-hydrogen) atoms. The summed E-state index contributed by atoms with van der Waals surface area (Å²) in [5.41, 5.74) is 0.460. The number of rotatable bonds is 5. The van der Waals surface area contributed by atoms with Gasteiger partial charge < -0.3 is 14.2 Å². The first kappa shape index (κ1) is 23.6. The molecule has 176 valence electrons. The molecule has 1 amide bonds. The topological polar surface area (TPSA) is 48.0 Å². The molecule has 0 atom stereocenters.